The van der Waals surface area contributed by atoms with Crippen LogP contribution in [-0.2, 0) is 25.7 Å². The van der Waals surface area contributed by atoms with Crippen LogP contribution < -0.4 is 31.1 Å². The zero-order chi connectivity index (χ0) is 41.2. The van der Waals surface area contributed by atoms with E-state index in [1.165, 1.54) is 95.0 Å². The van der Waals surface area contributed by atoms with Gasteiger partial charge in [-0.05, 0) is 175 Å². The van der Waals surface area contributed by atoms with Gasteiger partial charge in [0.25, 0.3) is 6.71 Å². The van der Waals surface area contributed by atoms with Crippen molar-refractivity contribution < 1.29 is 0 Å². The summed E-state index contributed by atoms with van der Waals surface area (Å²) < 4.78 is 0. The maximum absolute atomic E-state index is 2.63. The Hall–Kier alpha value is -6.00. The summed E-state index contributed by atoms with van der Waals surface area (Å²) in [4.78, 5) is 7.74. The highest BCUT2D eigenvalue weighted by Crippen LogP contribution is 2.51. The molecule has 0 saturated carbocycles. The molecule has 0 unspecified atom stereocenters. The summed E-state index contributed by atoms with van der Waals surface area (Å²) in [5.41, 5.74) is 26.8. The molecule has 60 heavy (non-hydrogen) atoms. The first-order valence-corrected chi connectivity index (χ1v) is 22.0. The lowest BCUT2D eigenvalue weighted by molar-refractivity contribution is 0.392. The van der Waals surface area contributed by atoms with Crippen molar-refractivity contribution in [2.24, 2.45) is 10.8 Å². The Morgan fingerprint density at radius 3 is 1.20 bits per heavy atom. The van der Waals surface area contributed by atoms with E-state index >= 15 is 0 Å². The van der Waals surface area contributed by atoms with Crippen LogP contribution in [0, 0.1) is 38.5 Å². The molecule has 2 heterocycles. The van der Waals surface area contributed by atoms with Crippen molar-refractivity contribution in [2.45, 2.75) is 81.1 Å². The average Bonchev–Trinajstić information content (AvgIpc) is 3.69. The molecule has 3 nitrogen and oxygen atoms in total. The Bertz CT molecular complexity index is 2690. The van der Waals surface area contributed by atoms with E-state index in [1.807, 2.05) is 0 Å². The van der Waals surface area contributed by atoms with E-state index in [0.29, 0.717) is 0 Å². The molecule has 0 atom stereocenters. The zero-order valence-electron chi connectivity index (χ0n) is 36.4. The third-order valence-electron chi connectivity index (χ3n) is 13.9. The van der Waals surface area contributed by atoms with E-state index in [1.54, 1.807) is 0 Å². The number of benzene rings is 7. The monoisotopic (exact) mass is 779 g/mol. The van der Waals surface area contributed by atoms with Crippen molar-refractivity contribution in [1.82, 2.24) is 0 Å². The van der Waals surface area contributed by atoms with E-state index in [-0.39, 0.29) is 17.5 Å². The summed E-state index contributed by atoms with van der Waals surface area (Å²) in [5.74, 6) is 0. The predicted octanol–water partition coefficient (Wildman–Crippen LogP) is 12.7. The molecule has 0 bridgehead atoms. The third kappa shape index (κ3) is 5.86. The average molecular weight is 780 g/mol. The van der Waals surface area contributed by atoms with E-state index in [2.05, 4.69) is 204 Å². The van der Waals surface area contributed by atoms with Crippen LogP contribution in [0.4, 0.5) is 51.2 Å². The van der Waals surface area contributed by atoms with Crippen molar-refractivity contribution >= 4 is 74.3 Å². The van der Waals surface area contributed by atoms with Gasteiger partial charge in [0, 0.05) is 45.5 Å². The topological polar surface area (TPSA) is 9.72 Å². The van der Waals surface area contributed by atoms with E-state index < -0.39 is 0 Å². The van der Waals surface area contributed by atoms with Crippen LogP contribution in [0.5, 0.6) is 0 Å². The minimum absolute atomic E-state index is 0.0739. The number of aryl methyl sites for hydroxylation is 4. The fourth-order valence-corrected chi connectivity index (χ4v) is 11.2. The molecular weight excluding hydrogens is 725 g/mol. The lowest BCUT2D eigenvalue weighted by Crippen LogP contribution is -2.61. The first-order chi connectivity index (χ1) is 28.8. The molecule has 0 spiro atoms. The second kappa shape index (κ2) is 13.3. The predicted molar refractivity (Wildman–Crippen MR) is 256 cm³/mol. The number of hydrogen-bond donors (Lipinski definition) is 0. The van der Waals surface area contributed by atoms with Gasteiger partial charge in [0.1, 0.15) is 0 Å². The molecule has 0 amide bonds. The smallest absolute Gasteiger partial charge is 0.252 e. The SMILES string of the molecule is Cc1ccc(N(c2ccc(C)cc2)c2cc3c4c(c2)N(c2ccccc2C)c2cc5c(cc2B4c2cc4c(cc2N3c2ccccc2C)CC(C)(C)C4)CC(C)(C)C5)cc1. The summed E-state index contributed by atoms with van der Waals surface area (Å²) in [6.07, 6.45) is 4.39. The quantitative estimate of drug-likeness (QED) is 0.161. The Morgan fingerprint density at radius 2 is 0.800 bits per heavy atom. The molecule has 11 rings (SSSR count). The van der Waals surface area contributed by atoms with Crippen LogP contribution in [0.2, 0.25) is 0 Å². The molecule has 2 aliphatic carbocycles. The number of hydrogen-bond acceptors (Lipinski definition) is 3. The number of anilines is 9. The minimum atomic E-state index is 0.0739. The van der Waals surface area contributed by atoms with Gasteiger partial charge in [0.05, 0.1) is 5.69 Å². The highest BCUT2D eigenvalue weighted by Gasteiger charge is 2.46. The molecule has 0 fully saturated rings. The van der Waals surface area contributed by atoms with Crippen LogP contribution in [0.1, 0.15) is 72.2 Å². The van der Waals surface area contributed by atoms with Gasteiger partial charge in [-0.1, -0.05) is 112 Å². The largest absolute Gasteiger partial charge is 0.311 e. The van der Waals surface area contributed by atoms with E-state index in [9.17, 15) is 0 Å². The van der Waals surface area contributed by atoms with Crippen LogP contribution in [0.25, 0.3) is 0 Å². The summed E-state index contributed by atoms with van der Waals surface area (Å²) in [7, 11) is 0. The number of nitrogens with zero attached hydrogens (tertiary/aromatic N) is 3. The fraction of sp³-hybridized carbons (Fsp3) is 0.250. The van der Waals surface area contributed by atoms with Crippen LogP contribution in [-0.4, -0.2) is 6.71 Å². The van der Waals surface area contributed by atoms with Crippen molar-refractivity contribution in [1.29, 1.82) is 0 Å². The molecule has 2 aliphatic heterocycles. The summed E-state index contributed by atoms with van der Waals surface area (Å²) in [6, 6.07) is 51.5. The molecule has 4 heteroatoms. The first kappa shape index (κ1) is 37.0. The van der Waals surface area contributed by atoms with Gasteiger partial charge in [0.2, 0.25) is 0 Å². The van der Waals surface area contributed by atoms with Crippen LogP contribution in [0.15, 0.2) is 133 Å². The van der Waals surface area contributed by atoms with Crippen molar-refractivity contribution in [2.75, 3.05) is 14.7 Å². The van der Waals surface area contributed by atoms with Gasteiger partial charge in [-0.2, -0.15) is 0 Å². The van der Waals surface area contributed by atoms with Crippen LogP contribution >= 0.6 is 0 Å². The van der Waals surface area contributed by atoms with Gasteiger partial charge in [-0.15, -0.1) is 0 Å². The summed E-state index contributed by atoms with van der Waals surface area (Å²) in [5, 5.41) is 0. The van der Waals surface area contributed by atoms with Crippen LogP contribution in [0.3, 0.4) is 0 Å². The second-order valence-electron chi connectivity index (χ2n) is 20.0. The maximum Gasteiger partial charge on any atom is 0.252 e. The van der Waals surface area contributed by atoms with Gasteiger partial charge >= 0.3 is 0 Å². The van der Waals surface area contributed by atoms with E-state index in [4.69, 9.17) is 0 Å². The molecule has 0 N–H and O–H groups in total. The Morgan fingerprint density at radius 1 is 0.417 bits per heavy atom. The van der Waals surface area contributed by atoms with Gasteiger partial charge < -0.3 is 14.7 Å². The highest BCUT2D eigenvalue weighted by atomic mass is 15.2. The highest BCUT2D eigenvalue weighted by molar-refractivity contribution is 7.00. The normalized spacial score (nSPS) is 16.2. The number of rotatable bonds is 5. The molecule has 296 valence electrons. The molecular formula is C56H54BN3. The Kier molecular flexibility index (Phi) is 8.18. The zero-order valence-corrected chi connectivity index (χ0v) is 36.4. The molecule has 4 aliphatic rings. The minimum Gasteiger partial charge on any atom is -0.311 e. The van der Waals surface area contributed by atoms with Gasteiger partial charge in [-0.3, -0.25) is 0 Å². The molecule has 7 aromatic rings. The van der Waals surface area contributed by atoms with Crippen molar-refractivity contribution in [3.8, 4) is 0 Å². The molecule has 0 aromatic heterocycles. The summed E-state index contributed by atoms with van der Waals surface area (Å²) in [6.45, 7) is 18.7. The van der Waals surface area contributed by atoms with E-state index in [0.717, 1.165) is 42.7 Å². The second-order valence-corrected chi connectivity index (χ2v) is 20.0. The summed E-state index contributed by atoms with van der Waals surface area (Å²) >= 11 is 0. The van der Waals surface area contributed by atoms with Crippen molar-refractivity contribution in [3.05, 3.63) is 178 Å². The fourth-order valence-electron chi connectivity index (χ4n) is 11.2. The van der Waals surface area contributed by atoms with Crippen molar-refractivity contribution in [3.63, 3.8) is 0 Å². The lowest BCUT2D eigenvalue weighted by atomic mass is 9.33. The number of fused-ring (bicyclic) bond motifs is 6. The number of para-hydroxylation sites is 2. The van der Waals surface area contributed by atoms with Gasteiger partial charge in [0.15, 0.2) is 0 Å². The molecule has 0 radical (unpaired) electrons. The molecule has 0 saturated heterocycles. The Labute approximate surface area is 357 Å². The maximum atomic E-state index is 2.63. The molecule has 7 aromatic carbocycles. The lowest BCUT2D eigenvalue weighted by Gasteiger charge is -2.46. The Balaban J connectivity index is 1.29. The van der Waals surface area contributed by atoms with Gasteiger partial charge in [-0.25, -0.2) is 0 Å². The standard InChI is InChI=1S/C56H54BN3/c1-35-17-21-43(22-18-35)58(44-23-19-36(2)20-24-44)45-29-52-54-53(30-45)60(49-16-12-10-14-38(49)4)51-28-42-34-56(7,8)32-40(42)26-47(51)57(54)46-25-39-31-55(5,6)33-41(39)27-50(46)59(52)48-15-11-9-13-37(48)3/h9-30H,31-34H2,1-8H3. The third-order valence-corrected chi connectivity index (χ3v) is 13.9. The first-order valence-electron chi connectivity index (χ1n) is 22.0.